The molecule has 0 bridgehead atoms. The van der Waals surface area contributed by atoms with E-state index < -0.39 is 54.0 Å². The maximum atomic E-state index is 12.9. The minimum absolute atomic E-state index is 0.273. The number of amides is 3. The molecule has 10 nitrogen and oxygen atoms in total. The summed E-state index contributed by atoms with van der Waals surface area (Å²) in [5.74, 6) is -3.16. The number of carbonyl (C=O) groups excluding carboxylic acids is 3. The van der Waals surface area contributed by atoms with E-state index in [1.807, 2.05) is 6.92 Å². The molecule has 1 fully saturated rings. The van der Waals surface area contributed by atoms with Gasteiger partial charge in [-0.1, -0.05) is 20.3 Å². The van der Waals surface area contributed by atoms with Crippen LogP contribution >= 0.6 is 0 Å². The summed E-state index contributed by atoms with van der Waals surface area (Å²) in [6.45, 7) is 6.63. The van der Waals surface area contributed by atoms with Gasteiger partial charge in [-0.15, -0.1) is 0 Å². The minimum atomic E-state index is -1.24. The molecule has 1 aliphatic heterocycles. The first-order valence-electron chi connectivity index (χ1n) is 9.58. The van der Waals surface area contributed by atoms with Crippen molar-refractivity contribution in [3.05, 3.63) is 0 Å². The quantitative estimate of drug-likeness (QED) is 0.325. The van der Waals surface area contributed by atoms with Crippen LogP contribution in [0.15, 0.2) is 0 Å². The van der Waals surface area contributed by atoms with Gasteiger partial charge in [0.15, 0.2) is 0 Å². The topological polar surface area (TPSA) is 162 Å². The van der Waals surface area contributed by atoms with E-state index in [1.54, 1.807) is 6.92 Å². The van der Waals surface area contributed by atoms with E-state index in [0.717, 1.165) is 0 Å². The van der Waals surface area contributed by atoms with Crippen molar-refractivity contribution in [2.24, 2.45) is 11.7 Å². The van der Waals surface area contributed by atoms with Crippen LogP contribution in [0.5, 0.6) is 0 Å². The van der Waals surface area contributed by atoms with Gasteiger partial charge in [-0.05, 0) is 32.6 Å². The molecule has 0 aromatic rings. The van der Waals surface area contributed by atoms with Crippen molar-refractivity contribution in [3.63, 3.8) is 0 Å². The highest BCUT2D eigenvalue weighted by Gasteiger charge is 2.40. The molecule has 0 aliphatic carbocycles. The molecule has 6 atom stereocenters. The Morgan fingerprint density at radius 3 is 2.21 bits per heavy atom. The molecule has 6 unspecified atom stereocenters. The molecule has 28 heavy (non-hydrogen) atoms. The van der Waals surface area contributed by atoms with Crippen LogP contribution in [0, 0.1) is 5.92 Å². The van der Waals surface area contributed by atoms with E-state index in [2.05, 4.69) is 10.6 Å². The van der Waals surface area contributed by atoms with E-state index in [-0.39, 0.29) is 12.5 Å². The highest BCUT2D eigenvalue weighted by atomic mass is 16.4. The van der Waals surface area contributed by atoms with Crippen molar-refractivity contribution >= 4 is 23.7 Å². The Morgan fingerprint density at radius 2 is 1.75 bits per heavy atom. The number of likely N-dealkylation sites (tertiary alicyclic amines) is 1. The van der Waals surface area contributed by atoms with Crippen molar-refractivity contribution in [1.29, 1.82) is 0 Å². The van der Waals surface area contributed by atoms with Gasteiger partial charge in [-0.25, -0.2) is 4.79 Å². The van der Waals surface area contributed by atoms with Crippen molar-refractivity contribution < 1.29 is 29.4 Å². The van der Waals surface area contributed by atoms with E-state index in [0.29, 0.717) is 19.3 Å². The normalized spacial score (nSPS) is 21.9. The maximum Gasteiger partial charge on any atom is 0.326 e. The summed E-state index contributed by atoms with van der Waals surface area (Å²) >= 11 is 0. The third-order valence-electron chi connectivity index (χ3n) is 5.08. The molecule has 1 aliphatic rings. The molecule has 6 N–H and O–H groups in total. The first-order valence-corrected chi connectivity index (χ1v) is 9.58. The van der Waals surface area contributed by atoms with Crippen LogP contribution in [0.25, 0.3) is 0 Å². The molecule has 0 aromatic heterocycles. The number of carboxylic acids is 1. The largest absolute Gasteiger partial charge is 0.480 e. The summed E-state index contributed by atoms with van der Waals surface area (Å²) in [5, 5.41) is 24.2. The number of aliphatic hydroxyl groups is 1. The monoisotopic (exact) mass is 400 g/mol. The molecule has 3 amide bonds. The van der Waals surface area contributed by atoms with E-state index in [9.17, 15) is 29.4 Å². The van der Waals surface area contributed by atoms with Gasteiger partial charge in [-0.2, -0.15) is 0 Å². The Kier molecular flexibility index (Phi) is 8.83. The summed E-state index contributed by atoms with van der Waals surface area (Å²) in [5.41, 5.74) is 5.50. The molecule has 1 heterocycles. The predicted octanol–water partition coefficient (Wildman–Crippen LogP) is -1.19. The fraction of sp³-hybridized carbons (Fsp3) is 0.778. The lowest BCUT2D eigenvalue weighted by Gasteiger charge is -2.31. The summed E-state index contributed by atoms with van der Waals surface area (Å²) < 4.78 is 0. The number of carbonyl (C=O) groups is 4. The minimum Gasteiger partial charge on any atom is -0.480 e. The van der Waals surface area contributed by atoms with Crippen LogP contribution in [0.4, 0.5) is 0 Å². The van der Waals surface area contributed by atoms with Crippen molar-refractivity contribution in [2.75, 3.05) is 6.54 Å². The zero-order chi connectivity index (χ0) is 21.6. The van der Waals surface area contributed by atoms with E-state index >= 15 is 0 Å². The van der Waals surface area contributed by atoms with Gasteiger partial charge in [-0.3, -0.25) is 14.4 Å². The van der Waals surface area contributed by atoms with Gasteiger partial charge in [0.25, 0.3) is 0 Å². The number of aliphatic hydroxyl groups excluding tert-OH is 1. The van der Waals surface area contributed by atoms with Gasteiger partial charge in [0.2, 0.25) is 17.7 Å². The lowest BCUT2D eigenvalue weighted by atomic mass is 9.98. The van der Waals surface area contributed by atoms with Crippen molar-refractivity contribution in [1.82, 2.24) is 15.5 Å². The molecular formula is C18H32N4O6. The number of nitrogens with one attached hydrogen (secondary N) is 2. The van der Waals surface area contributed by atoms with Crippen LogP contribution < -0.4 is 16.4 Å². The first kappa shape index (κ1) is 23.8. The van der Waals surface area contributed by atoms with Crippen LogP contribution in [0.3, 0.4) is 0 Å². The number of nitrogens with two attached hydrogens (primary N) is 1. The smallest absolute Gasteiger partial charge is 0.326 e. The fourth-order valence-electron chi connectivity index (χ4n) is 3.09. The molecule has 1 rings (SSSR count). The fourth-order valence-corrected chi connectivity index (χ4v) is 3.09. The van der Waals surface area contributed by atoms with E-state index in [4.69, 9.17) is 5.73 Å². The average Bonchev–Trinajstić information content (AvgIpc) is 3.11. The Labute approximate surface area is 164 Å². The molecule has 0 radical (unpaired) electrons. The highest BCUT2D eigenvalue weighted by Crippen LogP contribution is 2.20. The summed E-state index contributed by atoms with van der Waals surface area (Å²) in [7, 11) is 0. The Bertz CT molecular complexity index is 595. The second-order valence-corrected chi connectivity index (χ2v) is 7.42. The van der Waals surface area contributed by atoms with Gasteiger partial charge in [0, 0.05) is 6.54 Å². The summed E-state index contributed by atoms with van der Waals surface area (Å²) in [6.07, 6.45) is 0.306. The van der Waals surface area contributed by atoms with Crippen LogP contribution in [-0.4, -0.2) is 75.6 Å². The molecule has 10 heteroatoms. The highest BCUT2D eigenvalue weighted by molar-refractivity contribution is 5.94. The van der Waals surface area contributed by atoms with Crippen LogP contribution in [0.1, 0.15) is 47.0 Å². The van der Waals surface area contributed by atoms with Gasteiger partial charge < -0.3 is 31.5 Å². The third kappa shape index (κ3) is 5.90. The maximum absolute atomic E-state index is 12.9. The Morgan fingerprint density at radius 1 is 1.14 bits per heavy atom. The van der Waals surface area contributed by atoms with Crippen LogP contribution in [0.2, 0.25) is 0 Å². The molecule has 0 aromatic carbocycles. The zero-order valence-electron chi connectivity index (χ0n) is 16.8. The molecular weight excluding hydrogens is 368 g/mol. The van der Waals surface area contributed by atoms with Gasteiger partial charge in [0.05, 0.1) is 12.1 Å². The molecule has 1 saturated heterocycles. The number of rotatable bonds is 9. The standard InChI is InChI=1S/C18H32N4O6/c1-5-9(2)13(18(27)28)20-16(25)12-7-6-8-22(12)17(26)14(11(4)23)21-15(24)10(3)19/h9-14,23H,5-8,19H2,1-4H3,(H,20,25)(H,21,24)(H,27,28). The van der Waals surface area contributed by atoms with Gasteiger partial charge in [0.1, 0.15) is 18.1 Å². The number of nitrogens with zero attached hydrogens (tertiary/aromatic N) is 1. The van der Waals surface area contributed by atoms with E-state index in [1.165, 1.54) is 18.7 Å². The molecule has 0 saturated carbocycles. The third-order valence-corrected chi connectivity index (χ3v) is 5.08. The SMILES string of the molecule is CCC(C)C(NC(=O)C1CCCN1C(=O)C(NC(=O)C(C)N)C(C)O)C(=O)O. The lowest BCUT2D eigenvalue weighted by molar-refractivity contribution is -0.146. The molecule has 160 valence electrons. The number of carboxylic acid groups (broad SMARTS) is 1. The lowest BCUT2D eigenvalue weighted by Crippen LogP contribution is -2.59. The number of hydrogen-bond donors (Lipinski definition) is 5. The predicted molar refractivity (Wildman–Crippen MR) is 101 cm³/mol. The van der Waals surface area contributed by atoms with Crippen LogP contribution in [-0.2, 0) is 19.2 Å². The Balaban J connectivity index is 2.94. The average molecular weight is 400 g/mol. The second-order valence-electron chi connectivity index (χ2n) is 7.42. The number of aliphatic carboxylic acids is 1. The van der Waals surface area contributed by atoms with Gasteiger partial charge >= 0.3 is 5.97 Å². The molecule has 0 spiro atoms. The summed E-state index contributed by atoms with van der Waals surface area (Å²) in [6, 6.07) is -4.01. The number of hydrogen-bond acceptors (Lipinski definition) is 6. The van der Waals surface area contributed by atoms with Crippen molar-refractivity contribution in [2.45, 2.75) is 77.2 Å². The second kappa shape index (κ2) is 10.4. The first-order chi connectivity index (χ1) is 13.0. The van der Waals surface area contributed by atoms with Crippen molar-refractivity contribution in [3.8, 4) is 0 Å². The zero-order valence-corrected chi connectivity index (χ0v) is 16.8. The summed E-state index contributed by atoms with van der Waals surface area (Å²) in [4.78, 5) is 50.2. The Hall–Kier alpha value is -2.20.